The summed E-state index contributed by atoms with van der Waals surface area (Å²) in [6, 6.07) is 21.3. The van der Waals surface area contributed by atoms with Crippen LogP contribution in [0.4, 0.5) is 0 Å². The van der Waals surface area contributed by atoms with Crippen molar-refractivity contribution in [3.8, 4) is 11.1 Å². The molecule has 128 valence electrons. The number of fused-ring (bicyclic) bond motifs is 1. The van der Waals surface area contributed by atoms with E-state index in [4.69, 9.17) is 0 Å². The first-order valence-electron chi connectivity index (χ1n) is 9.13. The highest BCUT2D eigenvalue weighted by molar-refractivity contribution is 5.92. The number of rotatable bonds is 7. The molecule has 1 unspecified atom stereocenters. The summed E-state index contributed by atoms with van der Waals surface area (Å²) in [4.78, 5) is 0. The van der Waals surface area contributed by atoms with Crippen molar-refractivity contribution in [3.05, 3.63) is 78.4 Å². The minimum Gasteiger partial charge on any atom is -0.396 e. The summed E-state index contributed by atoms with van der Waals surface area (Å²) in [7, 11) is 0. The first-order valence-corrected chi connectivity index (χ1v) is 9.13. The molecule has 1 nitrogen and oxygen atoms in total. The van der Waals surface area contributed by atoms with Gasteiger partial charge in [-0.15, -0.1) is 0 Å². The van der Waals surface area contributed by atoms with Gasteiger partial charge in [0.05, 0.1) is 0 Å². The van der Waals surface area contributed by atoms with Crippen LogP contribution in [-0.2, 0) is 0 Å². The van der Waals surface area contributed by atoms with Crippen molar-refractivity contribution in [3.63, 3.8) is 0 Å². The van der Waals surface area contributed by atoms with Crippen LogP contribution in [0.1, 0.15) is 43.2 Å². The molecular formula is C24H26O. The van der Waals surface area contributed by atoms with Crippen molar-refractivity contribution in [2.24, 2.45) is 0 Å². The molecule has 0 aliphatic carbocycles. The Kier molecular flexibility index (Phi) is 5.67. The standard InChI is InChI=1S/C24H26O/c1-3-5-10-20(17-25)24-16-21(15-19-12-7-9-14-23(19)24)22-13-8-6-11-18(22)4-2/h4,6-9,11-16,20,25H,2-3,5,10,17H2,1H3. The smallest absolute Gasteiger partial charge is 0.0499 e. The fourth-order valence-corrected chi connectivity index (χ4v) is 3.57. The monoisotopic (exact) mass is 330 g/mol. The van der Waals surface area contributed by atoms with Crippen molar-refractivity contribution in [1.29, 1.82) is 0 Å². The summed E-state index contributed by atoms with van der Waals surface area (Å²) >= 11 is 0. The summed E-state index contributed by atoms with van der Waals surface area (Å²) in [5, 5.41) is 12.5. The Bertz CT molecular complexity index is 863. The molecule has 1 heteroatoms. The number of benzene rings is 3. The lowest BCUT2D eigenvalue weighted by atomic mass is 9.86. The molecule has 3 aromatic carbocycles. The molecule has 0 amide bonds. The summed E-state index contributed by atoms with van der Waals surface area (Å²) in [5.41, 5.74) is 4.77. The number of hydrogen-bond donors (Lipinski definition) is 1. The molecule has 0 aliphatic heterocycles. The zero-order chi connectivity index (χ0) is 17.6. The molecule has 0 spiro atoms. The third-order valence-electron chi connectivity index (χ3n) is 4.95. The molecular weight excluding hydrogens is 304 g/mol. The van der Waals surface area contributed by atoms with E-state index in [9.17, 15) is 5.11 Å². The van der Waals surface area contributed by atoms with Crippen molar-refractivity contribution in [1.82, 2.24) is 0 Å². The fourth-order valence-electron chi connectivity index (χ4n) is 3.57. The minimum absolute atomic E-state index is 0.181. The molecule has 0 heterocycles. The van der Waals surface area contributed by atoms with Gasteiger partial charge < -0.3 is 5.11 Å². The largest absolute Gasteiger partial charge is 0.396 e. The molecule has 25 heavy (non-hydrogen) atoms. The van der Waals surface area contributed by atoms with E-state index in [1.54, 1.807) is 0 Å². The molecule has 3 aromatic rings. The van der Waals surface area contributed by atoms with Gasteiger partial charge in [-0.05, 0) is 45.5 Å². The predicted molar refractivity (Wildman–Crippen MR) is 109 cm³/mol. The molecule has 0 saturated carbocycles. The van der Waals surface area contributed by atoms with E-state index in [-0.39, 0.29) is 12.5 Å². The number of hydrogen-bond acceptors (Lipinski definition) is 1. The van der Waals surface area contributed by atoms with E-state index < -0.39 is 0 Å². The van der Waals surface area contributed by atoms with E-state index >= 15 is 0 Å². The van der Waals surface area contributed by atoms with Crippen LogP contribution < -0.4 is 0 Å². The quantitative estimate of drug-likeness (QED) is 0.530. The van der Waals surface area contributed by atoms with E-state index in [0.29, 0.717) is 0 Å². The lowest BCUT2D eigenvalue weighted by Gasteiger charge is -2.19. The van der Waals surface area contributed by atoms with Crippen LogP contribution in [0.2, 0.25) is 0 Å². The highest BCUT2D eigenvalue weighted by atomic mass is 16.3. The first kappa shape index (κ1) is 17.4. The predicted octanol–water partition coefficient (Wildman–Crippen LogP) is 6.42. The van der Waals surface area contributed by atoms with Gasteiger partial charge in [0.1, 0.15) is 0 Å². The van der Waals surface area contributed by atoms with Crippen LogP contribution in [0.15, 0.2) is 67.2 Å². The minimum atomic E-state index is 0.181. The first-order chi connectivity index (χ1) is 12.3. The zero-order valence-electron chi connectivity index (χ0n) is 14.9. The summed E-state index contributed by atoms with van der Waals surface area (Å²) < 4.78 is 0. The van der Waals surface area contributed by atoms with Crippen LogP contribution in [0.3, 0.4) is 0 Å². The zero-order valence-corrected chi connectivity index (χ0v) is 14.9. The Hall–Kier alpha value is -2.38. The molecule has 0 fully saturated rings. The van der Waals surface area contributed by atoms with Gasteiger partial charge in [0.15, 0.2) is 0 Å². The third kappa shape index (κ3) is 3.67. The molecule has 1 N–H and O–H groups in total. The highest BCUT2D eigenvalue weighted by Crippen LogP contribution is 2.35. The second-order valence-corrected chi connectivity index (χ2v) is 6.60. The third-order valence-corrected chi connectivity index (χ3v) is 4.95. The Morgan fingerprint density at radius 2 is 1.80 bits per heavy atom. The van der Waals surface area contributed by atoms with Crippen LogP contribution in [0, 0.1) is 0 Å². The topological polar surface area (TPSA) is 20.2 Å². The average Bonchev–Trinajstić information content (AvgIpc) is 2.68. The summed E-state index contributed by atoms with van der Waals surface area (Å²) in [6.07, 6.45) is 5.20. The van der Waals surface area contributed by atoms with Crippen molar-refractivity contribution in [2.75, 3.05) is 6.61 Å². The van der Waals surface area contributed by atoms with Gasteiger partial charge in [-0.3, -0.25) is 0 Å². The number of aliphatic hydroxyl groups is 1. The van der Waals surface area contributed by atoms with Crippen molar-refractivity contribution >= 4 is 16.8 Å². The SMILES string of the molecule is C=Cc1ccccc1-c1cc(C(CO)CCCC)c2ccccc2c1. The lowest BCUT2D eigenvalue weighted by Crippen LogP contribution is -2.05. The van der Waals surface area contributed by atoms with Crippen LogP contribution in [-0.4, -0.2) is 11.7 Å². The Morgan fingerprint density at radius 3 is 2.56 bits per heavy atom. The maximum atomic E-state index is 10.0. The number of unbranched alkanes of at least 4 members (excludes halogenated alkanes) is 1. The maximum absolute atomic E-state index is 10.0. The van der Waals surface area contributed by atoms with Crippen LogP contribution >= 0.6 is 0 Å². The van der Waals surface area contributed by atoms with Gasteiger partial charge >= 0.3 is 0 Å². The number of aliphatic hydroxyl groups excluding tert-OH is 1. The van der Waals surface area contributed by atoms with Gasteiger partial charge in [-0.2, -0.15) is 0 Å². The normalized spacial score (nSPS) is 12.2. The van der Waals surface area contributed by atoms with Crippen LogP contribution in [0.5, 0.6) is 0 Å². The average molecular weight is 330 g/mol. The van der Waals surface area contributed by atoms with Gasteiger partial charge in [0.25, 0.3) is 0 Å². The van der Waals surface area contributed by atoms with E-state index in [2.05, 4.69) is 68.1 Å². The van der Waals surface area contributed by atoms with Gasteiger partial charge in [0.2, 0.25) is 0 Å². The van der Waals surface area contributed by atoms with Crippen molar-refractivity contribution in [2.45, 2.75) is 32.1 Å². The van der Waals surface area contributed by atoms with E-state index in [0.717, 1.165) is 24.8 Å². The highest BCUT2D eigenvalue weighted by Gasteiger charge is 2.15. The molecule has 0 aliphatic rings. The second kappa shape index (κ2) is 8.13. The Labute approximate surface area is 150 Å². The van der Waals surface area contributed by atoms with E-state index in [1.807, 2.05) is 12.1 Å². The fraction of sp³-hybridized carbons (Fsp3) is 0.250. The van der Waals surface area contributed by atoms with Crippen LogP contribution in [0.25, 0.3) is 28.0 Å². The Balaban J connectivity index is 2.20. The maximum Gasteiger partial charge on any atom is 0.0499 e. The summed E-state index contributed by atoms with van der Waals surface area (Å²) in [5.74, 6) is 0.181. The van der Waals surface area contributed by atoms with Crippen molar-refractivity contribution < 1.29 is 5.11 Å². The van der Waals surface area contributed by atoms with Gasteiger partial charge in [0, 0.05) is 12.5 Å². The molecule has 0 aromatic heterocycles. The second-order valence-electron chi connectivity index (χ2n) is 6.60. The summed E-state index contributed by atoms with van der Waals surface area (Å²) in [6.45, 7) is 6.34. The molecule has 0 saturated heterocycles. The Morgan fingerprint density at radius 1 is 1.04 bits per heavy atom. The van der Waals surface area contributed by atoms with Gasteiger partial charge in [-0.1, -0.05) is 87.0 Å². The molecule has 0 bridgehead atoms. The molecule has 3 rings (SSSR count). The molecule has 0 radical (unpaired) electrons. The lowest BCUT2D eigenvalue weighted by molar-refractivity contribution is 0.258. The van der Waals surface area contributed by atoms with E-state index in [1.165, 1.54) is 27.5 Å². The van der Waals surface area contributed by atoms with Gasteiger partial charge in [-0.25, -0.2) is 0 Å². The molecule has 1 atom stereocenters.